The van der Waals surface area contributed by atoms with Crippen LogP contribution in [0.25, 0.3) is 16.3 Å². The number of hydrogen-bond donors (Lipinski definition) is 3. The number of thiazole rings is 1. The maximum atomic E-state index is 13.7. The van der Waals surface area contributed by atoms with Gasteiger partial charge in [-0.25, -0.2) is 4.98 Å². The zero-order valence-corrected chi connectivity index (χ0v) is 28.3. The molecule has 10 heteroatoms. The molecule has 49 heavy (non-hydrogen) atoms. The van der Waals surface area contributed by atoms with E-state index in [0.717, 1.165) is 37.6 Å². The average molecular weight is 685 g/mol. The smallest absolute Gasteiger partial charge is 0.272 e. The van der Waals surface area contributed by atoms with E-state index in [9.17, 15) is 14.4 Å². The van der Waals surface area contributed by atoms with Crippen molar-refractivity contribution in [3.63, 3.8) is 0 Å². The molecule has 0 spiro atoms. The van der Waals surface area contributed by atoms with Gasteiger partial charge in [-0.2, -0.15) is 0 Å². The van der Waals surface area contributed by atoms with Crippen molar-refractivity contribution in [2.45, 2.75) is 17.1 Å². The van der Waals surface area contributed by atoms with E-state index >= 15 is 0 Å². The standard InChI is InChI=1S/C39H32N4O4S2/c1-25-11-9-10-16-28(25)23-33(41-36(44)27-14-7-4-8-15-27)37(45)40-29-17-20-31(21-18-29)48-35(26-12-5-3-6-13-26)38(46)43-39-42-32-22-19-30(47-2)24-34(32)49-39/h3-24,35H,1-2H3,(H,40,45)(H,41,44)(H,42,43,46)/b33-23-. The van der Waals surface area contributed by atoms with Gasteiger partial charge in [0.25, 0.3) is 11.8 Å². The number of nitrogens with zero attached hydrogens (tertiary/aromatic N) is 1. The molecule has 3 amide bonds. The van der Waals surface area contributed by atoms with Crippen LogP contribution in [0.2, 0.25) is 0 Å². The van der Waals surface area contributed by atoms with Crippen molar-refractivity contribution in [2.24, 2.45) is 0 Å². The van der Waals surface area contributed by atoms with Crippen molar-refractivity contribution in [1.82, 2.24) is 10.3 Å². The van der Waals surface area contributed by atoms with Gasteiger partial charge in [0.15, 0.2) is 5.13 Å². The topological polar surface area (TPSA) is 109 Å². The number of methoxy groups -OCH3 is 1. The summed E-state index contributed by atoms with van der Waals surface area (Å²) in [6.45, 7) is 1.94. The lowest BCUT2D eigenvalue weighted by Crippen LogP contribution is -2.30. The Labute approximate surface area is 292 Å². The fourth-order valence-electron chi connectivity index (χ4n) is 4.96. The van der Waals surface area contributed by atoms with Gasteiger partial charge in [0.1, 0.15) is 16.7 Å². The van der Waals surface area contributed by atoms with Crippen molar-refractivity contribution in [3.8, 4) is 5.75 Å². The summed E-state index contributed by atoms with van der Waals surface area (Å²) in [5.41, 5.74) is 4.46. The highest BCUT2D eigenvalue weighted by Gasteiger charge is 2.24. The minimum atomic E-state index is -0.569. The molecule has 0 aliphatic heterocycles. The van der Waals surface area contributed by atoms with Crippen molar-refractivity contribution in [2.75, 3.05) is 17.7 Å². The third kappa shape index (κ3) is 8.42. The largest absolute Gasteiger partial charge is 0.497 e. The van der Waals surface area contributed by atoms with Crippen LogP contribution in [0.15, 0.2) is 138 Å². The molecule has 1 atom stereocenters. The van der Waals surface area contributed by atoms with Crippen LogP contribution in [-0.2, 0) is 9.59 Å². The molecule has 5 aromatic carbocycles. The summed E-state index contributed by atoms with van der Waals surface area (Å²) in [5.74, 6) is -0.345. The van der Waals surface area contributed by atoms with Crippen LogP contribution in [0.5, 0.6) is 5.75 Å². The van der Waals surface area contributed by atoms with E-state index in [-0.39, 0.29) is 11.6 Å². The number of aryl methyl sites for hydroxylation is 1. The van der Waals surface area contributed by atoms with E-state index < -0.39 is 17.1 Å². The summed E-state index contributed by atoms with van der Waals surface area (Å²) in [4.78, 5) is 45.6. The van der Waals surface area contributed by atoms with Crippen molar-refractivity contribution < 1.29 is 19.1 Å². The number of aromatic nitrogens is 1. The molecule has 1 heterocycles. The lowest BCUT2D eigenvalue weighted by molar-refractivity contribution is -0.116. The second kappa shape index (κ2) is 15.5. The molecular weight excluding hydrogens is 653 g/mol. The normalized spacial score (nSPS) is 11.8. The van der Waals surface area contributed by atoms with E-state index in [4.69, 9.17) is 4.74 Å². The van der Waals surface area contributed by atoms with Gasteiger partial charge >= 0.3 is 0 Å². The van der Waals surface area contributed by atoms with Gasteiger partial charge in [0, 0.05) is 16.1 Å². The second-order valence-corrected chi connectivity index (χ2v) is 13.2. The number of ether oxygens (including phenoxy) is 1. The Morgan fingerprint density at radius 3 is 2.22 bits per heavy atom. The monoisotopic (exact) mass is 684 g/mol. The predicted octanol–water partition coefficient (Wildman–Crippen LogP) is 8.50. The van der Waals surface area contributed by atoms with Gasteiger partial charge < -0.3 is 20.7 Å². The first-order valence-electron chi connectivity index (χ1n) is 15.4. The molecule has 1 unspecified atom stereocenters. The molecule has 0 saturated carbocycles. The number of hydrogen-bond acceptors (Lipinski definition) is 7. The van der Waals surface area contributed by atoms with E-state index in [1.54, 1.807) is 49.6 Å². The number of benzene rings is 5. The molecule has 6 rings (SSSR count). The molecule has 0 bridgehead atoms. The molecule has 0 saturated heterocycles. The number of carbonyl (C=O) groups excluding carboxylic acids is 3. The summed E-state index contributed by atoms with van der Waals surface area (Å²) in [6.07, 6.45) is 1.67. The van der Waals surface area contributed by atoms with Crippen LogP contribution in [0.3, 0.4) is 0 Å². The minimum absolute atomic E-state index is 0.107. The van der Waals surface area contributed by atoms with Crippen LogP contribution >= 0.6 is 23.1 Å². The van der Waals surface area contributed by atoms with Gasteiger partial charge in [-0.1, -0.05) is 84.1 Å². The Morgan fingerprint density at radius 2 is 1.51 bits per heavy atom. The molecule has 0 aliphatic rings. The third-order valence-corrected chi connectivity index (χ3v) is 9.75. The molecule has 0 radical (unpaired) electrons. The quantitative estimate of drug-likeness (QED) is 0.0933. The fourth-order valence-corrected chi connectivity index (χ4v) is 6.88. The SMILES string of the molecule is COc1ccc2nc(NC(=O)C(Sc3ccc(NC(=O)/C(=C/c4ccccc4C)NC(=O)c4ccccc4)cc3)c3ccccc3)sc2c1. The molecule has 0 aliphatic carbocycles. The molecular formula is C39H32N4O4S2. The number of rotatable bonds is 11. The molecule has 6 aromatic rings. The summed E-state index contributed by atoms with van der Waals surface area (Å²) in [5, 5.41) is 8.61. The van der Waals surface area contributed by atoms with Crippen LogP contribution in [0.1, 0.15) is 32.3 Å². The zero-order valence-electron chi connectivity index (χ0n) is 26.7. The fraction of sp³-hybridized carbons (Fsp3) is 0.0769. The highest BCUT2D eigenvalue weighted by molar-refractivity contribution is 8.00. The average Bonchev–Trinajstić information content (AvgIpc) is 3.53. The van der Waals surface area contributed by atoms with E-state index in [0.29, 0.717) is 16.4 Å². The highest BCUT2D eigenvalue weighted by atomic mass is 32.2. The zero-order chi connectivity index (χ0) is 34.2. The molecule has 1 aromatic heterocycles. The Hall–Kier alpha value is -5.71. The maximum absolute atomic E-state index is 13.7. The van der Waals surface area contributed by atoms with E-state index in [1.807, 2.05) is 97.9 Å². The van der Waals surface area contributed by atoms with Crippen molar-refractivity contribution in [3.05, 3.63) is 155 Å². The van der Waals surface area contributed by atoms with E-state index in [1.165, 1.54) is 23.1 Å². The first kappa shape index (κ1) is 33.2. The van der Waals surface area contributed by atoms with Gasteiger partial charge in [-0.15, -0.1) is 11.8 Å². The minimum Gasteiger partial charge on any atom is -0.497 e. The molecule has 8 nitrogen and oxygen atoms in total. The summed E-state index contributed by atoms with van der Waals surface area (Å²) >= 11 is 2.77. The summed E-state index contributed by atoms with van der Waals surface area (Å²) in [6, 6.07) is 38.7. The van der Waals surface area contributed by atoms with Gasteiger partial charge in [-0.05, 0) is 84.3 Å². The van der Waals surface area contributed by atoms with Crippen LogP contribution in [0.4, 0.5) is 10.8 Å². The number of thioether (sulfide) groups is 1. The Morgan fingerprint density at radius 1 is 0.816 bits per heavy atom. The lowest BCUT2D eigenvalue weighted by atomic mass is 10.1. The summed E-state index contributed by atoms with van der Waals surface area (Å²) < 4.78 is 6.23. The van der Waals surface area contributed by atoms with Crippen molar-refractivity contribution in [1.29, 1.82) is 0 Å². The Kier molecular flexibility index (Phi) is 10.5. The number of nitrogens with one attached hydrogen (secondary N) is 3. The van der Waals surface area contributed by atoms with Gasteiger partial charge in [0.2, 0.25) is 5.91 Å². The molecule has 0 fully saturated rings. The second-order valence-electron chi connectivity index (χ2n) is 11.0. The van der Waals surface area contributed by atoms with Crippen LogP contribution in [0, 0.1) is 6.92 Å². The lowest BCUT2D eigenvalue weighted by Gasteiger charge is -2.17. The van der Waals surface area contributed by atoms with Crippen LogP contribution in [-0.4, -0.2) is 29.8 Å². The first-order valence-corrected chi connectivity index (χ1v) is 17.1. The molecule has 244 valence electrons. The van der Waals surface area contributed by atoms with Crippen molar-refractivity contribution >= 4 is 67.9 Å². The number of fused-ring (bicyclic) bond motifs is 1. The molecule has 3 N–H and O–H groups in total. The van der Waals surface area contributed by atoms with Gasteiger partial charge in [0.05, 0.1) is 17.3 Å². The number of amides is 3. The van der Waals surface area contributed by atoms with E-state index in [2.05, 4.69) is 20.9 Å². The summed E-state index contributed by atoms with van der Waals surface area (Å²) in [7, 11) is 1.61. The van der Waals surface area contributed by atoms with Gasteiger partial charge in [-0.3, -0.25) is 14.4 Å². The first-order chi connectivity index (χ1) is 23.9. The third-order valence-electron chi connectivity index (χ3n) is 7.55. The maximum Gasteiger partial charge on any atom is 0.272 e. The van der Waals surface area contributed by atoms with Crippen LogP contribution < -0.4 is 20.7 Å². The highest BCUT2D eigenvalue weighted by Crippen LogP contribution is 2.38. The number of carbonyl (C=O) groups is 3. The Balaban J connectivity index is 1.19. The predicted molar refractivity (Wildman–Crippen MR) is 198 cm³/mol. The Bertz CT molecular complexity index is 2130. The number of anilines is 2.